The Morgan fingerprint density at radius 1 is 1.12 bits per heavy atom. The maximum absolute atomic E-state index is 12.8. The SMILES string of the molecule is Cc1noc(C)c1CN1CCN(S(=O)(=O)N2CCC[C@H](C)C2)CC1. The van der Waals surface area contributed by atoms with Gasteiger partial charge in [0.1, 0.15) is 5.76 Å². The zero-order valence-corrected chi connectivity index (χ0v) is 15.7. The van der Waals surface area contributed by atoms with Crippen LogP contribution in [0, 0.1) is 19.8 Å². The van der Waals surface area contributed by atoms with Gasteiger partial charge in [-0.25, -0.2) is 0 Å². The van der Waals surface area contributed by atoms with E-state index in [0.29, 0.717) is 32.1 Å². The molecule has 2 aliphatic rings. The molecule has 3 heterocycles. The van der Waals surface area contributed by atoms with Gasteiger partial charge in [0, 0.05) is 51.4 Å². The summed E-state index contributed by atoms with van der Waals surface area (Å²) in [5.74, 6) is 1.30. The third kappa shape index (κ3) is 3.66. The zero-order valence-electron chi connectivity index (χ0n) is 14.9. The predicted molar refractivity (Wildman–Crippen MR) is 91.7 cm³/mol. The van der Waals surface area contributed by atoms with Crippen molar-refractivity contribution in [2.24, 2.45) is 5.92 Å². The average Bonchev–Trinajstić information content (AvgIpc) is 2.87. The molecule has 7 nitrogen and oxygen atoms in total. The van der Waals surface area contributed by atoms with E-state index in [1.165, 1.54) is 0 Å². The van der Waals surface area contributed by atoms with Gasteiger partial charge in [-0.1, -0.05) is 12.1 Å². The number of nitrogens with zero attached hydrogens (tertiary/aromatic N) is 4. The lowest BCUT2D eigenvalue weighted by Gasteiger charge is -2.38. The number of hydrogen-bond acceptors (Lipinski definition) is 5. The highest BCUT2D eigenvalue weighted by molar-refractivity contribution is 7.86. The van der Waals surface area contributed by atoms with Gasteiger partial charge in [-0.3, -0.25) is 4.90 Å². The Morgan fingerprint density at radius 3 is 2.42 bits per heavy atom. The third-order valence-electron chi connectivity index (χ3n) is 5.17. The second-order valence-electron chi connectivity index (χ2n) is 7.09. The Morgan fingerprint density at radius 2 is 1.83 bits per heavy atom. The summed E-state index contributed by atoms with van der Waals surface area (Å²) in [5.41, 5.74) is 2.04. The molecule has 2 aliphatic heterocycles. The van der Waals surface area contributed by atoms with Crippen molar-refractivity contribution in [3.8, 4) is 0 Å². The first-order valence-electron chi connectivity index (χ1n) is 8.77. The quantitative estimate of drug-likeness (QED) is 0.815. The summed E-state index contributed by atoms with van der Waals surface area (Å²) in [5, 5.41) is 3.99. The molecule has 0 bridgehead atoms. The molecule has 0 radical (unpaired) electrons. The second kappa shape index (κ2) is 7.11. The molecule has 1 atom stereocenters. The molecule has 0 N–H and O–H groups in total. The van der Waals surface area contributed by atoms with E-state index in [0.717, 1.165) is 49.5 Å². The Kier molecular flexibility index (Phi) is 5.29. The highest BCUT2D eigenvalue weighted by atomic mass is 32.2. The van der Waals surface area contributed by atoms with Crippen LogP contribution >= 0.6 is 0 Å². The molecule has 2 saturated heterocycles. The second-order valence-corrected chi connectivity index (χ2v) is 9.02. The van der Waals surface area contributed by atoms with Crippen LogP contribution in [0.4, 0.5) is 0 Å². The molecule has 0 aliphatic carbocycles. The minimum absolute atomic E-state index is 0.453. The minimum atomic E-state index is -3.31. The number of rotatable bonds is 4. The van der Waals surface area contributed by atoms with E-state index in [1.54, 1.807) is 8.61 Å². The molecule has 24 heavy (non-hydrogen) atoms. The standard InChI is InChI=1S/C16H28N4O3S/c1-13-5-4-6-20(11-13)24(21,22)19-9-7-18(8-10-19)12-16-14(2)17-23-15(16)3/h13H,4-12H2,1-3H3/t13-/m0/s1. The number of hydrogen-bond donors (Lipinski definition) is 0. The van der Waals surface area contributed by atoms with Crippen molar-refractivity contribution in [2.45, 2.75) is 40.2 Å². The molecule has 8 heteroatoms. The average molecular weight is 356 g/mol. The molecular formula is C16H28N4O3S. The van der Waals surface area contributed by atoms with E-state index >= 15 is 0 Å². The zero-order chi connectivity index (χ0) is 17.3. The predicted octanol–water partition coefficient (Wildman–Crippen LogP) is 1.39. The van der Waals surface area contributed by atoms with Crippen LogP contribution in [0.15, 0.2) is 4.52 Å². The first-order chi connectivity index (χ1) is 11.4. The molecule has 136 valence electrons. The van der Waals surface area contributed by atoms with Crippen LogP contribution in [0.3, 0.4) is 0 Å². The van der Waals surface area contributed by atoms with E-state index in [2.05, 4.69) is 17.0 Å². The van der Waals surface area contributed by atoms with Gasteiger partial charge in [0.2, 0.25) is 0 Å². The van der Waals surface area contributed by atoms with Gasteiger partial charge in [0.05, 0.1) is 5.69 Å². The molecule has 2 fully saturated rings. The Labute approximate surface area is 144 Å². The normalized spacial score (nSPS) is 25.2. The molecule has 1 aromatic heterocycles. The van der Waals surface area contributed by atoms with Gasteiger partial charge in [-0.15, -0.1) is 0 Å². The topological polar surface area (TPSA) is 69.9 Å². The highest BCUT2D eigenvalue weighted by Gasteiger charge is 2.34. The smallest absolute Gasteiger partial charge is 0.282 e. The third-order valence-corrected chi connectivity index (χ3v) is 7.17. The van der Waals surface area contributed by atoms with Crippen molar-refractivity contribution in [3.63, 3.8) is 0 Å². The lowest BCUT2D eigenvalue weighted by Crippen LogP contribution is -2.54. The number of piperidine rings is 1. The van der Waals surface area contributed by atoms with Gasteiger partial charge in [0.25, 0.3) is 10.2 Å². The summed E-state index contributed by atoms with van der Waals surface area (Å²) in [4.78, 5) is 2.28. The van der Waals surface area contributed by atoms with Crippen molar-refractivity contribution in [2.75, 3.05) is 39.3 Å². The maximum atomic E-state index is 12.8. The molecule has 0 unspecified atom stereocenters. The largest absolute Gasteiger partial charge is 0.361 e. The van der Waals surface area contributed by atoms with Crippen molar-refractivity contribution in [3.05, 3.63) is 17.0 Å². The highest BCUT2D eigenvalue weighted by Crippen LogP contribution is 2.22. The van der Waals surface area contributed by atoms with Crippen LogP contribution in [0.1, 0.15) is 36.8 Å². The summed E-state index contributed by atoms with van der Waals surface area (Å²) >= 11 is 0. The fourth-order valence-electron chi connectivity index (χ4n) is 3.59. The van der Waals surface area contributed by atoms with Crippen LogP contribution in [0.5, 0.6) is 0 Å². The van der Waals surface area contributed by atoms with Crippen LogP contribution in [-0.4, -0.2) is 66.4 Å². The van der Waals surface area contributed by atoms with Gasteiger partial charge < -0.3 is 4.52 Å². The number of piperazine rings is 1. The van der Waals surface area contributed by atoms with Gasteiger partial charge in [0.15, 0.2) is 0 Å². The van der Waals surface area contributed by atoms with Crippen molar-refractivity contribution < 1.29 is 12.9 Å². The molecule has 0 amide bonds. The van der Waals surface area contributed by atoms with E-state index in [4.69, 9.17) is 4.52 Å². The summed E-state index contributed by atoms with van der Waals surface area (Å²) < 4.78 is 34.2. The summed E-state index contributed by atoms with van der Waals surface area (Å²) in [6.07, 6.45) is 2.09. The molecule has 3 rings (SSSR count). The number of aromatic nitrogens is 1. The summed E-state index contributed by atoms with van der Waals surface area (Å²) in [7, 11) is -3.31. The van der Waals surface area contributed by atoms with Crippen LogP contribution in [0.25, 0.3) is 0 Å². The Hall–Kier alpha value is -0.960. The fraction of sp³-hybridized carbons (Fsp3) is 0.812. The summed E-state index contributed by atoms with van der Waals surface area (Å²) in [6, 6.07) is 0. The van der Waals surface area contributed by atoms with E-state index in [1.807, 2.05) is 13.8 Å². The molecule has 0 aromatic carbocycles. The molecule has 0 saturated carbocycles. The first kappa shape index (κ1) is 17.8. The summed E-state index contributed by atoms with van der Waals surface area (Å²) in [6.45, 7) is 10.7. The minimum Gasteiger partial charge on any atom is -0.361 e. The van der Waals surface area contributed by atoms with Crippen molar-refractivity contribution >= 4 is 10.2 Å². The molecule has 1 aromatic rings. The number of aryl methyl sites for hydroxylation is 2. The lowest BCUT2D eigenvalue weighted by atomic mass is 10.0. The monoisotopic (exact) mass is 356 g/mol. The van der Waals surface area contributed by atoms with Gasteiger partial charge in [-0.2, -0.15) is 17.0 Å². The van der Waals surface area contributed by atoms with Crippen LogP contribution in [0.2, 0.25) is 0 Å². The van der Waals surface area contributed by atoms with E-state index < -0.39 is 10.2 Å². The lowest BCUT2D eigenvalue weighted by molar-refractivity contribution is 0.169. The van der Waals surface area contributed by atoms with Crippen molar-refractivity contribution in [1.29, 1.82) is 0 Å². The maximum Gasteiger partial charge on any atom is 0.282 e. The van der Waals surface area contributed by atoms with Gasteiger partial charge >= 0.3 is 0 Å². The van der Waals surface area contributed by atoms with Gasteiger partial charge in [-0.05, 0) is 32.6 Å². The van der Waals surface area contributed by atoms with Crippen molar-refractivity contribution in [1.82, 2.24) is 18.7 Å². The Balaban J connectivity index is 1.58. The van der Waals surface area contributed by atoms with Crippen LogP contribution in [-0.2, 0) is 16.8 Å². The molecule has 0 spiro atoms. The van der Waals surface area contributed by atoms with E-state index in [9.17, 15) is 8.42 Å². The van der Waals surface area contributed by atoms with Crippen LogP contribution < -0.4 is 0 Å². The first-order valence-corrected chi connectivity index (χ1v) is 10.2. The fourth-order valence-corrected chi connectivity index (χ4v) is 5.34. The van der Waals surface area contributed by atoms with E-state index in [-0.39, 0.29) is 0 Å². The molecular weight excluding hydrogens is 328 g/mol. The Bertz CT molecular complexity index is 645.